The number of hydrogen-bond donors (Lipinski definition) is 2. The molecule has 2 N–H and O–H groups in total. The Morgan fingerprint density at radius 1 is 1.09 bits per heavy atom. The fourth-order valence-corrected chi connectivity index (χ4v) is 4.26. The fraction of sp³-hybridized carbons (Fsp3) is 0.500. The van der Waals surface area contributed by atoms with Gasteiger partial charge in [-0.2, -0.15) is 4.31 Å². The van der Waals surface area contributed by atoms with Gasteiger partial charge in [0.2, 0.25) is 15.9 Å². The van der Waals surface area contributed by atoms with Crippen molar-refractivity contribution < 1.29 is 13.2 Å². The van der Waals surface area contributed by atoms with Crippen LogP contribution in [0.4, 0.5) is 5.69 Å². The second-order valence-electron chi connectivity index (χ2n) is 5.37. The third kappa shape index (κ3) is 3.43. The highest BCUT2D eigenvalue weighted by atomic mass is 35.5. The SMILES string of the molecule is Cl.O=C1CCc2cc(S(=O)(=O)N3CCCNCC3)ccc2N1. The number of anilines is 1. The van der Waals surface area contributed by atoms with E-state index in [2.05, 4.69) is 10.6 Å². The van der Waals surface area contributed by atoms with Gasteiger partial charge in [-0.25, -0.2) is 8.42 Å². The van der Waals surface area contributed by atoms with Crippen LogP contribution in [0.25, 0.3) is 0 Å². The molecule has 0 radical (unpaired) electrons. The molecule has 0 atom stereocenters. The van der Waals surface area contributed by atoms with E-state index >= 15 is 0 Å². The van der Waals surface area contributed by atoms with Crippen LogP contribution in [0.3, 0.4) is 0 Å². The van der Waals surface area contributed by atoms with Crippen LogP contribution >= 0.6 is 12.4 Å². The lowest BCUT2D eigenvalue weighted by Crippen LogP contribution is -2.34. The van der Waals surface area contributed by atoms with Crippen molar-refractivity contribution in [2.45, 2.75) is 24.2 Å². The molecule has 2 heterocycles. The molecule has 3 rings (SSSR count). The predicted octanol–water partition coefficient (Wildman–Crippen LogP) is 0.977. The zero-order chi connectivity index (χ0) is 14.9. The number of carbonyl (C=O) groups excluding carboxylic acids is 1. The molecular formula is C14H20ClN3O3S. The summed E-state index contributed by atoms with van der Waals surface area (Å²) in [5.41, 5.74) is 1.62. The number of halogens is 1. The van der Waals surface area contributed by atoms with E-state index in [4.69, 9.17) is 0 Å². The van der Waals surface area contributed by atoms with Gasteiger partial charge >= 0.3 is 0 Å². The van der Waals surface area contributed by atoms with Gasteiger partial charge in [-0.15, -0.1) is 12.4 Å². The molecule has 1 fully saturated rings. The van der Waals surface area contributed by atoms with Crippen molar-refractivity contribution in [2.24, 2.45) is 0 Å². The van der Waals surface area contributed by atoms with Crippen LogP contribution in [0.5, 0.6) is 0 Å². The van der Waals surface area contributed by atoms with E-state index in [1.54, 1.807) is 18.2 Å². The van der Waals surface area contributed by atoms with Crippen LogP contribution in [0.2, 0.25) is 0 Å². The molecule has 2 aliphatic heterocycles. The van der Waals surface area contributed by atoms with Crippen LogP contribution in [-0.4, -0.2) is 44.8 Å². The van der Waals surface area contributed by atoms with Gasteiger partial charge in [-0.1, -0.05) is 0 Å². The van der Waals surface area contributed by atoms with E-state index in [1.165, 1.54) is 4.31 Å². The van der Waals surface area contributed by atoms with Crippen LogP contribution < -0.4 is 10.6 Å². The van der Waals surface area contributed by atoms with Crippen LogP contribution in [-0.2, 0) is 21.2 Å². The number of nitrogens with one attached hydrogen (secondary N) is 2. The van der Waals surface area contributed by atoms with Crippen molar-refractivity contribution in [2.75, 3.05) is 31.5 Å². The van der Waals surface area contributed by atoms with E-state index in [0.717, 1.165) is 24.2 Å². The summed E-state index contributed by atoms with van der Waals surface area (Å²) >= 11 is 0. The Kier molecular flexibility index (Phi) is 5.44. The number of amides is 1. The highest BCUT2D eigenvalue weighted by Crippen LogP contribution is 2.27. The third-order valence-electron chi connectivity index (χ3n) is 3.91. The Balaban J connectivity index is 0.00000176. The molecule has 0 aromatic heterocycles. The Hall–Kier alpha value is -1.15. The quantitative estimate of drug-likeness (QED) is 0.837. The highest BCUT2D eigenvalue weighted by Gasteiger charge is 2.26. The second kappa shape index (κ2) is 6.95. The molecule has 0 aliphatic carbocycles. The summed E-state index contributed by atoms with van der Waals surface area (Å²) in [4.78, 5) is 11.7. The van der Waals surface area contributed by atoms with Crippen molar-refractivity contribution >= 4 is 34.0 Å². The first kappa shape index (κ1) is 17.2. The van der Waals surface area contributed by atoms with Gasteiger partial charge in [-0.3, -0.25) is 4.79 Å². The average molecular weight is 346 g/mol. The zero-order valence-electron chi connectivity index (χ0n) is 12.2. The van der Waals surface area contributed by atoms with E-state index in [9.17, 15) is 13.2 Å². The largest absolute Gasteiger partial charge is 0.326 e. The maximum atomic E-state index is 12.7. The second-order valence-corrected chi connectivity index (χ2v) is 7.31. The van der Waals surface area contributed by atoms with Gasteiger partial charge in [-0.05, 0) is 43.1 Å². The summed E-state index contributed by atoms with van der Waals surface area (Å²) in [5.74, 6) is -0.0169. The molecule has 22 heavy (non-hydrogen) atoms. The van der Waals surface area contributed by atoms with Crippen molar-refractivity contribution in [3.63, 3.8) is 0 Å². The van der Waals surface area contributed by atoms with Gasteiger partial charge in [0.1, 0.15) is 0 Å². The lowest BCUT2D eigenvalue weighted by molar-refractivity contribution is -0.116. The molecule has 6 nitrogen and oxygen atoms in total. The molecule has 0 unspecified atom stereocenters. The van der Waals surface area contributed by atoms with Gasteiger partial charge in [0.05, 0.1) is 4.90 Å². The minimum atomic E-state index is -3.45. The summed E-state index contributed by atoms with van der Waals surface area (Å²) in [6.45, 7) is 2.57. The highest BCUT2D eigenvalue weighted by molar-refractivity contribution is 7.89. The van der Waals surface area contributed by atoms with Crippen LogP contribution in [0.1, 0.15) is 18.4 Å². The number of nitrogens with zero attached hydrogens (tertiary/aromatic N) is 1. The van der Waals surface area contributed by atoms with Crippen molar-refractivity contribution in [3.8, 4) is 0 Å². The minimum absolute atomic E-state index is 0. The number of fused-ring (bicyclic) bond motifs is 1. The number of benzene rings is 1. The maximum Gasteiger partial charge on any atom is 0.243 e. The Bertz CT molecular complexity index is 655. The Labute approximate surface area is 136 Å². The zero-order valence-corrected chi connectivity index (χ0v) is 13.8. The summed E-state index contributed by atoms with van der Waals surface area (Å²) in [7, 11) is -3.45. The molecule has 1 aromatic carbocycles. The molecule has 0 saturated carbocycles. The molecule has 0 bridgehead atoms. The topological polar surface area (TPSA) is 78.5 Å². The third-order valence-corrected chi connectivity index (χ3v) is 5.80. The number of aryl methyl sites for hydroxylation is 1. The molecule has 0 spiro atoms. The van der Waals surface area contributed by atoms with Gasteiger partial charge < -0.3 is 10.6 Å². The molecule has 2 aliphatic rings. The van der Waals surface area contributed by atoms with E-state index in [1.807, 2.05) is 0 Å². The molecule has 1 saturated heterocycles. The van der Waals surface area contributed by atoms with Crippen molar-refractivity contribution in [1.82, 2.24) is 9.62 Å². The summed E-state index contributed by atoms with van der Waals surface area (Å²) in [6.07, 6.45) is 1.82. The number of hydrogen-bond acceptors (Lipinski definition) is 4. The normalized spacial score (nSPS) is 19.5. The molecule has 8 heteroatoms. The van der Waals surface area contributed by atoms with Gasteiger partial charge in [0, 0.05) is 31.7 Å². The summed E-state index contributed by atoms with van der Waals surface area (Å²) in [6, 6.07) is 4.97. The predicted molar refractivity (Wildman–Crippen MR) is 86.9 cm³/mol. The minimum Gasteiger partial charge on any atom is -0.326 e. The first-order valence-electron chi connectivity index (χ1n) is 7.21. The lowest BCUT2D eigenvalue weighted by Gasteiger charge is -2.22. The average Bonchev–Trinajstić information content (AvgIpc) is 2.76. The fourth-order valence-electron chi connectivity index (χ4n) is 2.73. The van der Waals surface area contributed by atoms with E-state index in [-0.39, 0.29) is 18.3 Å². The first-order chi connectivity index (χ1) is 10.1. The summed E-state index contributed by atoms with van der Waals surface area (Å²) < 4.78 is 26.9. The molecule has 1 aromatic rings. The maximum absolute atomic E-state index is 12.7. The first-order valence-corrected chi connectivity index (χ1v) is 8.65. The van der Waals surface area contributed by atoms with Crippen molar-refractivity contribution in [1.29, 1.82) is 0 Å². The van der Waals surface area contributed by atoms with Crippen molar-refractivity contribution in [3.05, 3.63) is 23.8 Å². The van der Waals surface area contributed by atoms with Gasteiger partial charge in [0.15, 0.2) is 0 Å². The number of carbonyl (C=O) groups is 1. The lowest BCUT2D eigenvalue weighted by atomic mass is 10.0. The number of rotatable bonds is 2. The smallest absolute Gasteiger partial charge is 0.243 e. The van der Waals surface area contributed by atoms with Crippen LogP contribution in [0, 0.1) is 0 Å². The standard InChI is InChI=1S/C14H19N3O3S.ClH/c18-14-5-2-11-10-12(3-4-13(11)16-14)21(19,20)17-8-1-6-15-7-9-17;/h3-4,10,15H,1-2,5-9H2,(H,16,18);1H. The van der Waals surface area contributed by atoms with Crippen LogP contribution in [0.15, 0.2) is 23.1 Å². The Morgan fingerprint density at radius 3 is 2.73 bits per heavy atom. The number of sulfonamides is 1. The summed E-state index contributed by atoms with van der Waals surface area (Å²) in [5, 5.41) is 5.97. The van der Waals surface area contributed by atoms with Gasteiger partial charge in [0.25, 0.3) is 0 Å². The van der Waals surface area contributed by atoms with E-state index in [0.29, 0.717) is 37.4 Å². The molecular weight excluding hydrogens is 326 g/mol. The Morgan fingerprint density at radius 2 is 1.91 bits per heavy atom. The monoisotopic (exact) mass is 345 g/mol. The molecule has 122 valence electrons. The molecule has 1 amide bonds. The van der Waals surface area contributed by atoms with E-state index < -0.39 is 10.0 Å².